The van der Waals surface area contributed by atoms with Gasteiger partial charge < -0.3 is 10.2 Å². The van der Waals surface area contributed by atoms with Crippen LogP contribution >= 0.6 is 12.2 Å². The number of nitrogens with one attached hydrogen (secondary N) is 1. The molecule has 0 aromatic heterocycles. The average Bonchev–Trinajstić information content (AvgIpc) is 2.68. The molecule has 0 saturated carbocycles. The van der Waals surface area contributed by atoms with Crippen LogP contribution in [0.3, 0.4) is 0 Å². The van der Waals surface area contributed by atoms with Crippen LogP contribution in [0.5, 0.6) is 0 Å². The lowest BCUT2D eigenvalue weighted by Gasteiger charge is -2.41. The first-order valence-corrected chi connectivity index (χ1v) is 9.62. The predicted octanol–water partition coefficient (Wildman–Crippen LogP) is 3.56. The van der Waals surface area contributed by atoms with E-state index in [1.165, 1.54) is 19.3 Å². The Hall–Kier alpha value is -1.91. The highest BCUT2D eigenvalue weighted by Gasteiger charge is 2.27. The van der Waals surface area contributed by atoms with Crippen LogP contribution in [0.2, 0.25) is 0 Å². The standard InChI is InChI=1S/C21H25N3S/c25-21(22-19-8-2-1-3-9-19)24-14-12-23(13-15-24)20-11-10-17-6-4-5-7-18(17)16-20/h1-9,20H,10-16H2,(H,22,25)/t20-/m0/s1. The van der Waals surface area contributed by atoms with E-state index in [-0.39, 0.29) is 0 Å². The number of rotatable bonds is 2. The molecule has 0 amide bonds. The van der Waals surface area contributed by atoms with E-state index in [9.17, 15) is 0 Å². The molecule has 0 radical (unpaired) electrons. The largest absolute Gasteiger partial charge is 0.346 e. The van der Waals surface area contributed by atoms with E-state index in [0.717, 1.165) is 37.0 Å². The summed E-state index contributed by atoms with van der Waals surface area (Å²) < 4.78 is 0. The van der Waals surface area contributed by atoms with Crippen molar-refractivity contribution in [2.24, 2.45) is 0 Å². The summed E-state index contributed by atoms with van der Waals surface area (Å²) in [5.74, 6) is 0. The topological polar surface area (TPSA) is 18.5 Å². The molecule has 3 nitrogen and oxygen atoms in total. The van der Waals surface area contributed by atoms with Crippen molar-refractivity contribution in [2.45, 2.75) is 25.3 Å². The van der Waals surface area contributed by atoms with Crippen LogP contribution in [0.25, 0.3) is 0 Å². The Labute approximate surface area is 155 Å². The van der Waals surface area contributed by atoms with Crippen molar-refractivity contribution in [2.75, 3.05) is 31.5 Å². The van der Waals surface area contributed by atoms with Gasteiger partial charge in [-0.25, -0.2) is 0 Å². The molecular weight excluding hydrogens is 326 g/mol. The third-order valence-corrected chi connectivity index (χ3v) is 5.82. The highest BCUT2D eigenvalue weighted by Crippen LogP contribution is 2.25. The molecule has 1 N–H and O–H groups in total. The summed E-state index contributed by atoms with van der Waals surface area (Å²) in [4.78, 5) is 4.97. The number of nitrogens with zero attached hydrogens (tertiary/aromatic N) is 2. The lowest BCUT2D eigenvalue weighted by Crippen LogP contribution is -2.53. The molecule has 2 aromatic carbocycles. The molecule has 1 aliphatic carbocycles. The first-order chi connectivity index (χ1) is 12.3. The van der Waals surface area contributed by atoms with Crippen LogP contribution in [0, 0.1) is 0 Å². The Balaban J connectivity index is 1.31. The zero-order valence-electron chi connectivity index (χ0n) is 14.5. The van der Waals surface area contributed by atoms with Crippen molar-refractivity contribution in [1.29, 1.82) is 0 Å². The number of hydrogen-bond donors (Lipinski definition) is 1. The number of anilines is 1. The smallest absolute Gasteiger partial charge is 0.173 e. The van der Waals surface area contributed by atoms with Gasteiger partial charge in [-0.15, -0.1) is 0 Å². The van der Waals surface area contributed by atoms with Crippen LogP contribution in [0.4, 0.5) is 5.69 Å². The van der Waals surface area contributed by atoms with Crippen LogP contribution in [-0.4, -0.2) is 47.1 Å². The molecule has 1 saturated heterocycles. The van der Waals surface area contributed by atoms with Gasteiger partial charge in [-0.1, -0.05) is 42.5 Å². The van der Waals surface area contributed by atoms with E-state index >= 15 is 0 Å². The quantitative estimate of drug-likeness (QED) is 0.834. The Bertz CT molecular complexity index is 723. The highest BCUT2D eigenvalue weighted by molar-refractivity contribution is 7.80. The van der Waals surface area contributed by atoms with Gasteiger partial charge in [0.15, 0.2) is 5.11 Å². The third kappa shape index (κ3) is 3.86. The van der Waals surface area contributed by atoms with Crippen LogP contribution in [-0.2, 0) is 12.8 Å². The molecule has 130 valence electrons. The number of para-hydroxylation sites is 1. The van der Waals surface area contributed by atoms with Gasteiger partial charge in [0.2, 0.25) is 0 Å². The molecule has 0 bridgehead atoms. The van der Waals surface area contributed by atoms with Crippen molar-refractivity contribution >= 4 is 23.0 Å². The second-order valence-corrected chi connectivity index (χ2v) is 7.37. The molecule has 1 aliphatic heterocycles. The van der Waals surface area contributed by atoms with Gasteiger partial charge >= 0.3 is 0 Å². The molecule has 1 heterocycles. The van der Waals surface area contributed by atoms with E-state index in [4.69, 9.17) is 12.2 Å². The maximum atomic E-state index is 5.60. The minimum atomic E-state index is 0.688. The van der Waals surface area contributed by atoms with E-state index in [2.05, 4.69) is 51.5 Å². The number of piperazine rings is 1. The molecular formula is C21H25N3S. The summed E-state index contributed by atoms with van der Waals surface area (Å²) in [5, 5.41) is 4.20. The minimum absolute atomic E-state index is 0.688. The summed E-state index contributed by atoms with van der Waals surface area (Å²) in [5.41, 5.74) is 4.16. The van der Waals surface area contributed by atoms with Crippen LogP contribution in [0.1, 0.15) is 17.5 Å². The molecule has 1 fully saturated rings. The number of aryl methyl sites for hydroxylation is 1. The van der Waals surface area contributed by atoms with Crippen LogP contribution in [0.15, 0.2) is 54.6 Å². The fraction of sp³-hybridized carbons (Fsp3) is 0.381. The zero-order chi connectivity index (χ0) is 17.1. The van der Waals surface area contributed by atoms with Crippen molar-refractivity contribution in [3.8, 4) is 0 Å². The zero-order valence-corrected chi connectivity index (χ0v) is 15.3. The second-order valence-electron chi connectivity index (χ2n) is 6.98. The van der Waals surface area contributed by atoms with Crippen molar-refractivity contribution in [3.63, 3.8) is 0 Å². The van der Waals surface area contributed by atoms with Crippen molar-refractivity contribution < 1.29 is 0 Å². The summed E-state index contributed by atoms with van der Waals surface area (Å²) in [6.45, 7) is 4.22. The number of benzene rings is 2. The first-order valence-electron chi connectivity index (χ1n) is 9.21. The van der Waals surface area contributed by atoms with Gasteiger partial charge in [0.05, 0.1) is 0 Å². The maximum absolute atomic E-state index is 5.60. The van der Waals surface area contributed by atoms with E-state index in [1.807, 2.05) is 18.2 Å². The van der Waals surface area contributed by atoms with Gasteiger partial charge in [0, 0.05) is 37.9 Å². The Morgan fingerprint density at radius 1 is 0.880 bits per heavy atom. The van der Waals surface area contributed by atoms with E-state index in [1.54, 1.807) is 11.1 Å². The molecule has 2 aromatic rings. The minimum Gasteiger partial charge on any atom is -0.346 e. The SMILES string of the molecule is S=C(Nc1ccccc1)N1CCN([C@H]2CCc3ccccc3C2)CC1. The molecule has 0 unspecified atom stereocenters. The highest BCUT2D eigenvalue weighted by atomic mass is 32.1. The molecule has 1 atom stereocenters. The summed E-state index contributed by atoms with van der Waals surface area (Å²) in [6, 6.07) is 19.8. The van der Waals surface area contributed by atoms with Crippen molar-refractivity contribution in [3.05, 3.63) is 65.7 Å². The van der Waals surface area contributed by atoms with Gasteiger partial charge in [-0.2, -0.15) is 0 Å². The van der Waals surface area contributed by atoms with E-state index in [0.29, 0.717) is 6.04 Å². The predicted molar refractivity (Wildman–Crippen MR) is 108 cm³/mol. The molecule has 4 heteroatoms. The Morgan fingerprint density at radius 3 is 2.32 bits per heavy atom. The maximum Gasteiger partial charge on any atom is 0.173 e. The first kappa shape index (κ1) is 16.6. The number of thiocarbonyl (C=S) groups is 1. The second kappa shape index (κ2) is 7.54. The summed E-state index contributed by atoms with van der Waals surface area (Å²) >= 11 is 5.60. The van der Waals surface area contributed by atoms with Gasteiger partial charge in [0.1, 0.15) is 0 Å². The monoisotopic (exact) mass is 351 g/mol. The van der Waals surface area contributed by atoms with Crippen LogP contribution < -0.4 is 5.32 Å². The fourth-order valence-electron chi connectivity index (χ4n) is 4.00. The molecule has 25 heavy (non-hydrogen) atoms. The average molecular weight is 352 g/mol. The third-order valence-electron chi connectivity index (χ3n) is 5.46. The van der Waals surface area contributed by atoms with Crippen molar-refractivity contribution in [1.82, 2.24) is 9.80 Å². The molecule has 0 spiro atoms. The fourth-order valence-corrected chi connectivity index (χ4v) is 4.30. The number of hydrogen-bond acceptors (Lipinski definition) is 2. The molecule has 4 rings (SSSR count). The number of fused-ring (bicyclic) bond motifs is 1. The molecule has 2 aliphatic rings. The summed E-state index contributed by atoms with van der Waals surface area (Å²) in [7, 11) is 0. The lowest BCUT2D eigenvalue weighted by atomic mass is 9.87. The Morgan fingerprint density at radius 2 is 1.56 bits per heavy atom. The van der Waals surface area contributed by atoms with Gasteiger partial charge in [-0.05, 0) is 54.7 Å². The summed E-state index contributed by atoms with van der Waals surface area (Å²) in [6.07, 6.45) is 3.70. The lowest BCUT2D eigenvalue weighted by molar-refractivity contribution is 0.123. The Kier molecular flexibility index (Phi) is 4.99. The van der Waals surface area contributed by atoms with Gasteiger partial charge in [-0.3, -0.25) is 4.90 Å². The normalized spacial score (nSPS) is 20.8. The van der Waals surface area contributed by atoms with E-state index < -0.39 is 0 Å². The van der Waals surface area contributed by atoms with Gasteiger partial charge in [0.25, 0.3) is 0 Å².